The average Bonchev–Trinajstić information content (AvgIpc) is 3.41. The highest BCUT2D eigenvalue weighted by atomic mass is 35.5. The predicted molar refractivity (Wildman–Crippen MR) is 165 cm³/mol. The Labute approximate surface area is 249 Å². The summed E-state index contributed by atoms with van der Waals surface area (Å²) in [5.41, 5.74) is 7.41. The van der Waals surface area contributed by atoms with E-state index < -0.39 is 0 Å². The number of halogens is 2. The number of anilines is 2. The van der Waals surface area contributed by atoms with Gasteiger partial charge in [-0.1, -0.05) is 29.3 Å². The minimum atomic E-state index is -0.210. The standard InChI is InChI=1S/C30H29Cl2N5O2S/c1-17-13-21(9-10-24(17)34-27(38)16-39-4)37-29(28(35-30(37)40)25-7-5-6-12-33-25)22-14-18(2)36(19(22)3)26-11-8-20(31)15-23(26)32/h5-15,28-29H,16H2,1-4H3,(H,34,38)(H,35,40). The summed E-state index contributed by atoms with van der Waals surface area (Å²) >= 11 is 18.8. The van der Waals surface area contributed by atoms with Gasteiger partial charge in [0.05, 0.1) is 28.5 Å². The van der Waals surface area contributed by atoms with Crippen LogP contribution in [-0.4, -0.2) is 34.3 Å². The zero-order valence-corrected chi connectivity index (χ0v) is 24.9. The summed E-state index contributed by atoms with van der Waals surface area (Å²) in [5.74, 6) is -0.210. The minimum absolute atomic E-state index is 0.0115. The number of ether oxygens (including phenoxy) is 1. The lowest BCUT2D eigenvalue weighted by atomic mass is 9.96. The number of nitrogens with zero attached hydrogens (tertiary/aromatic N) is 3. The van der Waals surface area contributed by atoms with E-state index in [1.807, 2.05) is 55.5 Å². The summed E-state index contributed by atoms with van der Waals surface area (Å²) in [6.45, 7) is 6.09. The van der Waals surface area contributed by atoms with Gasteiger partial charge in [0.15, 0.2) is 5.11 Å². The maximum Gasteiger partial charge on any atom is 0.250 e. The van der Waals surface area contributed by atoms with Crippen LogP contribution in [0.2, 0.25) is 10.0 Å². The van der Waals surface area contributed by atoms with Gasteiger partial charge in [0.25, 0.3) is 0 Å². The van der Waals surface area contributed by atoms with Crippen molar-refractivity contribution < 1.29 is 9.53 Å². The summed E-state index contributed by atoms with van der Waals surface area (Å²) < 4.78 is 7.09. The van der Waals surface area contributed by atoms with E-state index in [1.165, 1.54) is 7.11 Å². The molecule has 0 saturated carbocycles. The fraction of sp³-hybridized carbons (Fsp3) is 0.233. The monoisotopic (exact) mass is 593 g/mol. The fourth-order valence-electron chi connectivity index (χ4n) is 5.32. The van der Waals surface area contributed by atoms with Gasteiger partial charge in [-0.05, 0) is 98.7 Å². The van der Waals surface area contributed by atoms with Crippen molar-refractivity contribution in [3.8, 4) is 5.69 Å². The molecule has 40 heavy (non-hydrogen) atoms. The van der Waals surface area contributed by atoms with Crippen molar-refractivity contribution in [1.82, 2.24) is 14.9 Å². The number of benzene rings is 2. The molecule has 7 nitrogen and oxygen atoms in total. The molecular formula is C30H29Cl2N5O2S. The van der Waals surface area contributed by atoms with Gasteiger partial charge in [0.1, 0.15) is 6.61 Å². The third-order valence-corrected chi connectivity index (χ3v) is 7.93. The van der Waals surface area contributed by atoms with E-state index in [2.05, 4.69) is 45.0 Å². The number of rotatable bonds is 7. The number of nitrogens with one attached hydrogen (secondary N) is 2. The number of pyridine rings is 1. The van der Waals surface area contributed by atoms with E-state index in [9.17, 15) is 4.79 Å². The third kappa shape index (κ3) is 5.32. The molecule has 1 aliphatic heterocycles. The number of aryl methyl sites for hydroxylation is 2. The van der Waals surface area contributed by atoms with Crippen molar-refractivity contribution in [2.24, 2.45) is 0 Å². The Morgan fingerprint density at radius 3 is 2.58 bits per heavy atom. The quantitative estimate of drug-likeness (QED) is 0.228. The van der Waals surface area contributed by atoms with Gasteiger partial charge in [-0.3, -0.25) is 9.78 Å². The normalized spacial score (nSPS) is 16.8. The molecule has 0 aliphatic carbocycles. The van der Waals surface area contributed by atoms with Crippen molar-refractivity contribution in [2.75, 3.05) is 23.9 Å². The molecule has 1 amide bonds. The molecule has 1 saturated heterocycles. The van der Waals surface area contributed by atoms with Gasteiger partial charge in [0, 0.05) is 41.1 Å². The number of aromatic nitrogens is 2. The maximum absolute atomic E-state index is 12.1. The van der Waals surface area contributed by atoms with E-state index in [0.717, 1.165) is 45.3 Å². The van der Waals surface area contributed by atoms with Crippen LogP contribution < -0.4 is 15.5 Å². The molecule has 0 spiro atoms. The second-order valence-electron chi connectivity index (χ2n) is 9.73. The minimum Gasteiger partial charge on any atom is -0.375 e. The largest absolute Gasteiger partial charge is 0.375 e. The number of thiocarbonyl (C=S) groups is 1. The molecule has 1 fully saturated rings. The zero-order valence-electron chi connectivity index (χ0n) is 22.5. The molecule has 5 rings (SSSR count). The smallest absolute Gasteiger partial charge is 0.250 e. The van der Waals surface area contributed by atoms with E-state index in [4.69, 9.17) is 40.2 Å². The highest BCUT2D eigenvalue weighted by Crippen LogP contribution is 2.44. The molecule has 0 bridgehead atoms. The lowest BCUT2D eigenvalue weighted by Gasteiger charge is -2.29. The first-order chi connectivity index (χ1) is 19.2. The van der Waals surface area contributed by atoms with Crippen molar-refractivity contribution in [3.63, 3.8) is 0 Å². The number of hydrogen-bond donors (Lipinski definition) is 2. The molecule has 0 radical (unpaired) electrons. The third-order valence-electron chi connectivity index (χ3n) is 7.08. The first-order valence-electron chi connectivity index (χ1n) is 12.7. The number of amides is 1. The van der Waals surface area contributed by atoms with Crippen LogP contribution in [0.3, 0.4) is 0 Å². The van der Waals surface area contributed by atoms with Crippen LogP contribution in [-0.2, 0) is 9.53 Å². The first kappa shape index (κ1) is 28.1. The van der Waals surface area contributed by atoms with Gasteiger partial charge in [0.2, 0.25) is 5.91 Å². The second kappa shape index (κ2) is 11.6. The molecular weight excluding hydrogens is 565 g/mol. The van der Waals surface area contributed by atoms with Crippen LogP contribution in [0.25, 0.3) is 5.69 Å². The Hall–Kier alpha value is -3.43. The Bertz CT molecular complexity index is 1590. The van der Waals surface area contributed by atoms with Crippen molar-refractivity contribution in [1.29, 1.82) is 0 Å². The molecule has 3 heterocycles. The number of hydrogen-bond acceptors (Lipinski definition) is 4. The Kier molecular flexibility index (Phi) is 8.14. The molecule has 2 aromatic carbocycles. The van der Waals surface area contributed by atoms with Crippen LogP contribution in [0.15, 0.2) is 66.9 Å². The van der Waals surface area contributed by atoms with Gasteiger partial charge in [-0.15, -0.1) is 0 Å². The molecule has 4 aromatic rings. The molecule has 2 N–H and O–H groups in total. The van der Waals surface area contributed by atoms with Crippen molar-refractivity contribution in [2.45, 2.75) is 32.9 Å². The van der Waals surface area contributed by atoms with E-state index in [0.29, 0.717) is 15.2 Å². The van der Waals surface area contributed by atoms with Gasteiger partial charge >= 0.3 is 0 Å². The fourth-order valence-corrected chi connectivity index (χ4v) is 6.16. The molecule has 206 valence electrons. The highest BCUT2D eigenvalue weighted by molar-refractivity contribution is 7.80. The van der Waals surface area contributed by atoms with Crippen molar-refractivity contribution >= 4 is 57.8 Å². The average molecular weight is 595 g/mol. The van der Waals surface area contributed by atoms with Crippen LogP contribution in [0, 0.1) is 20.8 Å². The van der Waals surface area contributed by atoms with Crippen LogP contribution in [0.4, 0.5) is 11.4 Å². The molecule has 2 unspecified atom stereocenters. The summed E-state index contributed by atoms with van der Waals surface area (Å²) in [5, 5.41) is 8.16. The van der Waals surface area contributed by atoms with E-state index in [1.54, 1.807) is 12.3 Å². The summed E-state index contributed by atoms with van der Waals surface area (Å²) in [6.07, 6.45) is 1.79. The Morgan fingerprint density at radius 1 is 1.10 bits per heavy atom. The Morgan fingerprint density at radius 2 is 1.90 bits per heavy atom. The van der Waals surface area contributed by atoms with Gasteiger partial charge < -0.3 is 24.8 Å². The van der Waals surface area contributed by atoms with Crippen LogP contribution in [0.1, 0.15) is 40.3 Å². The lowest BCUT2D eigenvalue weighted by Crippen LogP contribution is -2.29. The van der Waals surface area contributed by atoms with Crippen molar-refractivity contribution in [3.05, 3.63) is 105 Å². The van der Waals surface area contributed by atoms with Gasteiger partial charge in [-0.2, -0.15) is 0 Å². The SMILES string of the molecule is COCC(=O)Nc1ccc(N2C(=S)NC(c3ccccn3)C2c2cc(C)n(-c3ccc(Cl)cc3Cl)c2C)cc1C. The summed E-state index contributed by atoms with van der Waals surface area (Å²) in [4.78, 5) is 18.9. The molecule has 1 aliphatic rings. The van der Waals surface area contributed by atoms with Gasteiger partial charge in [-0.25, -0.2) is 0 Å². The lowest BCUT2D eigenvalue weighted by molar-refractivity contribution is -0.119. The maximum atomic E-state index is 12.1. The predicted octanol–water partition coefficient (Wildman–Crippen LogP) is 6.87. The highest BCUT2D eigenvalue weighted by Gasteiger charge is 2.42. The topological polar surface area (TPSA) is 71.4 Å². The van der Waals surface area contributed by atoms with Crippen LogP contribution >= 0.6 is 35.4 Å². The number of carbonyl (C=O) groups excluding carboxylic acids is 1. The molecule has 10 heteroatoms. The number of methoxy groups -OCH3 is 1. The number of carbonyl (C=O) groups is 1. The first-order valence-corrected chi connectivity index (χ1v) is 13.9. The van der Waals surface area contributed by atoms with E-state index in [-0.39, 0.29) is 24.6 Å². The molecule has 2 aromatic heterocycles. The van der Waals surface area contributed by atoms with Crippen LogP contribution in [0.5, 0.6) is 0 Å². The van der Waals surface area contributed by atoms with E-state index >= 15 is 0 Å². The Balaban J connectivity index is 1.62. The molecule has 2 atom stereocenters. The zero-order chi connectivity index (χ0) is 28.6. The summed E-state index contributed by atoms with van der Waals surface area (Å²) in [6, 6.07) is 19.1. The second-order valence-corrected chi connectivity index (χ2v) is 11.0. The summed E-state index contributed by atoms with van der Waals surface area (Å²) in [7, 11) is 1.49.